The molecule has 1 aliphatic rings. The van der Waals surface area contributed by atoms with Crippen molar-refractivity contribution in [2.45, 2.75) is 19.1 Å². The molecule has 1 atom stereocenters. The highest BCUT2D eigenvalue weighted by atomic mass is 19.4. The number of alkyl halides is 3. The molecule has 110 valence electrons. The van der Waals surface area contributed by atoms with E-state index in [-0.39, 0.29) is 26.2 Å². The van der Waals surface area contributed by atoms with E-state index in [0.29, 0.717) is 0 Å². The first-order chi connectivity index (χ1) is 8.70. The van der Waals surface area contributed by atoms with Crippen LogP contribution in [0.5, 0.6) is 0 Å². The van der Waals surface area contributed by atoms with Gasteiger partial charge in [-0.05, 0) is 6.92 Å². The molecule has 0 aromatic heterocycles. The lowest BCUT2D eigenvalue weighted by Crippen LogP contribution is -2.53. The van der Waals surface area contributed by atoms with E-state index in [4.69, 9.17) is 5.11 Å². The number of carboxylic acids is 1. The van der Waals surface area contributed by atoms with E-state index >= 15 is 0 Å². The van der Waals surface area contributed by atoms with Gasteiger partial charge < -0.3 is 14.7 Å². The zero-order valence-corrected chi connectivity index (χ0v) is 10.3. The Bertz CT molecular complexity index is 340. The minimum atomic E-state index is -4.55. The van der Waals surface area contributed by atoms with E-state index in [0.717, 1.165) is 4.90 Å². The molecular weight excluding hydrogens is 269 g/mol. The molecular formula is C10H15F3N2O4. The van der Waals surface area contributed by atoms with Gasteiger partial charge in [0.2, 0.25) is 0 Å². The molecule has 1 N–H and O–H groups in total. The number of carboxylic acid groups (broad SMARTS) is 1. The van der Waals surface area contributed by atoms with Gasteiger partial charge in [-0.1, -0.05) is 0 Å². The SMILES string of the molecule is CC(C(=O)O)N1CCN(C(=O)OCC(F)(F)F)CC1. The van der Waals surface area contributed by atoms with Crippen molar-refractivity contribution >= 4 is 12.1 Å². The molecule has 1 heterocycles. The Morgan fingerprint density at radius 1 is 1.26 bits per heavy atom. The number of amides is 1. The van der Waals surface area contributed by atoms with Gasteiger partial charge in [0.15, 0.2) is 6.61 Å². The maximum Gasteiger partial charge on any atom is 0.422 e. The van der Waals surface area contributed by atoms with Gasteiger partial charge in [-0.25, -0.2) is 4.79 Å². The van der Waals surface area contributed by atoms with Gasteiger partial charge in [0, 0.05) is 26.2 Å². The fraction of sp³-hybridized carbons (Fsp3) is 0.800. The average molecular weight is 284 g/mol. The number of piperazine rings is 1. The second-order valence-corrected chi connectivity index (χ2v) is 4.21. The molecule has 19 heavy (non-hydrogen) atoms. The van der Waals surface area contributed by atoms with E-state index in [2.05, 4.69) is 4.74 Å². The van der Waals surface area contributed by atoms with Crippen LogP contribution in [0.1, 0.15) is 6.92 Å². The minimum absolute atomic E-state index is 0.147. The summed E-state index contributed by atoms with van der Waals surface area (Å²) in [7, 11) is 0. The van der Waals surface area contributed by atoms with Crippen molar-refractivity contribution in [3.05, 3.63) is 0 Å². The predicted octanol–water partition coefficient (Wildman–Crippen LogP) is 0.776. The van der Waals surface area contributed by atoms with Crippen LogP contribution in [-0.2, 0) is 9.53 Å². The second-order valence-electron chi connectivity index (χ2n) is 4.21. The van der Waals surface area contributed by atoms with Crippen LogP contribution in [0.25, 0.3) is 0 Å². The van der Waals surface area contributed by atoms with E-state index < -0.39 is 30.9 Å². The summed E-state index contributed by atoms with van der Waals surface area (Å²) in [6.45, 7) is 0.767. The third-order valence-electron chi connectivity index (χ3n) is 2.84. The van der Waals surface area contributed by atoms with Crippen molar-refractivity contribution in [2.75, 3.05) is 32.8 Å². The number of carbonyl (C=O) groups excluding carboxylic acids is 1. The van der Waals surface area contributed by atoms with Gasteiger partial charge in [0.1, 0.15) is 6.04 Å². The van der Waals surface area contributed by atoms with Crippen LogP contribution in [-0.4, -0.2) is 72.0 Å². The van der Waals surface area contributed by atoms with E-state index in [9.17, 15) is 22.8 Å². The molecule has 0 aromatic carbocycles. The highest BCUT2D eigenvalue weighted by Crippen LogP contribution is 2.15. The quantitative estimate of drug-likeness (QED) is 0.829. The van der Waals surface area contributed by atoms with Gasteiger partial charge in [-0.3, -0.25) is 9.69 Å². The summed E-state index contributed by atoms with van der Waals surface area (Å²) in [5.41, 5.74) is 0. The largest absolute Gasteiger partial charge is 0.480 e. The zero-order valence-electron chi connectivity index (χ0n) is 10.3. The molecule has 9 heteroatoms. The first kappa shape index (κ1) is 15.5. The van der Waals surface area contributed by atoms with Gasteiger partial charge in [0.25, 0.3) is 0 Å². The van der Waals surface area contributed by atoms with Crippen molar-refractivity contribution in [3.8, 4) is 0 Å². The second kappa shape index (κ2) is 6.09. The number of hydrogen-bond acceptors (Lipinski definition) is 4. The maximum absolute atomic E-state index is 11.9. The molecule has 1 fully saturated rings. The molecule has 1 amide bonds. The summed E-state index contributed by atoms with van der Waals surface area (Å²) in [5, 5.41) is 8.81. The highest BCUT2D eigenvalue weighted by Gasteiger charge is 2.32. The Balaban J connectivity index is 2.37. The highest BCUT2D eigenvalue weighted by molar-refractivity contribution is 5.73. The van der Waals surface area contributed by atoms with E-state index in [1.807, 2.05) is 0 Å². The van der Waals surface area contributed by atoms with Gasteiger partial charge in [-0.2, -0.15) is 13.2 Å². The molecule has 1 rings (SSSR count). The molecule has 1 aliphatic heterocycles. The average Bonchev–Trinajstić information content (AvgIpc) is 2.34. The Hall–Kier alpha value is -1.51. The van der Waals surface area contributed by atoms with Crippen molar-refractivity contribution in [1.29, 1.82) is 0 Å². The minimum Gasteiger partial charge on any atom is -0.480 e. The molecule has 1 unspecified atom stereocenters. The fourth-order valence-electron chi connectivity index (χ4n) is 1.68. The maximum atomic E-state index is 11.9. The molecule has 0 spiro atoms. The van der Waals surface area contributed by atoms with Crippen LogP contribution in [0.4, 0.5) is 18.0 Å². The van der Waals surface area contributed by atoms with Gasteiger partial charge in [0.05, 0.1) is 0 Å². The normalized spacial score (nSPS) is 19.1. The summed E-state index contributed by atoms with van der Waals surface area (Å²) >= 11 is 0. The molecule has 1 saturated heterocycles. The van der Waals surface area contributed by atoms with Gasteiger partial charge >= 0.3 is 18.2 Å². The third-order valence-corrected chi connectivity index (χ3v) is 2.84. The van der Waals surface area contributed by atoms with E-state index in [1.54, 1.807) is 4.90 Å². The van der Waals surface area contributed by atoms with Crippen molar-refractivity contribution in [1.82, 2.24) is 9.80 Å². The number of hydrogen-bond donors (Lipinski definition) is 1. The lowest BCUT2D eigenvalue weighted by Gasteiger charge is -2.35. The van der Waals surface area contributed by atoms with Crippen LogP contribution in [0.15, 0.2) is 0 Å². The molecule has 0 bridgehead atoms. The fourth-order valence-corrected chi connectivity index (χ4v) is 1.68. The number of halogens is 3. The summed E-state index contributed by atoms with van der Waals surface area (Å²) in [5.74, 6) is -0.979. The molecule has 0 radical (unpaired) electrons. The topological polar surface area (TPSA) is 70.1 Å². The van der Waals surface area contributed by atoms with Crippen LogP contribution in [0.3, 0.4) is 0 Å². The first-order valence-electron chi connectivity index (χ1n) is 5.66. The van der Waals surface area contributed by atoms with Gasteiger partial charge in [-0.15, -0.1) is 0 Å². The van der Waals surface area contributed by atoms with E-state index in [1.165, 1.54) is 6.92 Å². The Morgan fingerprint density at radius 2 is 1.79 bits per heavy atom. The van der Waals surface area contributed by atoms with Crippen molar-refractivity contribution in [2.24, 2.45) is 0 Å². The lowest BCUT2D eigenvalue weighted by molar-refractivity contribution is -0.163. The number of rotatable bonds is 3. The number of nitrogens with zero attached hydrogens (tertiary/aromatic N) is 2. The Morgan fingerprint density at radius 3 is 2.21 bits per heavy atom. The van der Waals surface area contributed by atoms with Crippen LogP contribution in [0, 0.1) is 0 Å². The van der Waals surface area contributed by atoms with Crippen molar-refractivity contribution in [3.63, 3.8) is 0 Å². The smallest absolute Gasteiger partial charge is 0.422 e. The molecule has 6 nitrogen and oxygen atoms in total. The van der Waals surface area contributed by atoms with Crippen LogP contribution >= 0.6 is 0 Å². The summed E-state index contributed by atoms with van der Waals surface area (Å²) in [6.07, 6.45) is -5.57. The number of carbonyl (C=O) groups is 2. The monoisotopic (exact) mass is 284 g/mol. The first-order valence-corrected chi connectivity index (χ1v) is 5.66. The Labute approximate surface area is 107 Å². The standard InChI is InChI=1S/C10H15F3N2O4/c1-7(8(16)17)14-2-4-15(5-3-14)9(18)19-6-10(11,12)13/h7H,2-6H2,1H3,(H,16,17). The summed E-state index contributed by atoms with van der Waals surface area (Å²) in [6, 6.07) is -0.687. The zero-order chi connectivity index (χ0) is 14.6. The summed E-state index contributed by atoms with van der Waals surface area (Å²) < 4.78 is 39.7. The summed E-state index contributed by atoms with van der Waals surface area (Å²) in [4.78, 5) is 24.8. The Kier molecular flexibility index (Phi) is 4.98. The molecule has 0 aliphatic carbocycles. The number of aliphatic carboxylic acids is 1. The lowest BCUT2D eigenvalue weighted by atomic mass is 10.2. The van der Waals surface area contributed by atoms with Crippen LogP contribution in [0.2, 0.25) is 0 Å². The molecule has 0 aromatic rings. The predicted molar refractivity (Wildman–Crippen MR) is 57.6 cm³/mol. The third kappa shape index (κ3) is 4.93. The van der Waals surface area contributed by atoms with Crippen LogP contribution < -0.4 is 0 Å². The molecule has 0 saturated carbocycles. The van der Waals surface area contributed by atoms with Crippen molar-refractivity contribution < 1.29 is 32.6 Å². The number of ether oxygens (including phenoxy) is 1.